The topological polar surface area (TPSA) is 92.9 Å². The molecule has 7 heteroatoms. The Hall–Kier alpha value is -2.93. The van der Waals surface area contributed by atoms with Crippen LogP contribution in [0, 0.1) is 17.0 Å². The third kappa shape index (κ3) is 3.39. The van der Waals surface area contributed by atoms with Gasteiger partial charge in [-0.3, -0.25) is 14.9 Å². The van der Waals surface area contributed by atoms with Gasteiger partial charge in [0, 0.05) is 11.6 Å². The minimum absolute atomic E-state index is 0.157. The number of nitro benzene ring substituents is 1. The number of ether oxygens (including phenoxy) is 1. The summed E-state index contributed by atoms with van der Waals surface area (Å²) in [5.74, 6) is -0.776. The second-order valence-electron chi connectivity index (χ2n) is 6.45. The molecule has 7 nitrogen and oxygen atoms in total. The zero-order valence-electron chi connectivity index (χ0n) is 14.6. The number of nitro groups is 1. The lowest BCUT2D eigenvalue weighted by Gasteiger charge is -2.38. The smallest absolute Gasteiger partial charge is 0.311 e. The number of aryl methyl sites for hydroxylation is 1. The number of hydrogen-bond donors (Lipinski definition) is 1. The molecule has 2 atom stereocenters. The summed E-state index contributed by atoms with van der Waals surface area (Å²) in [5, 5.41) is 20.6. The van der Waals surface area contributed by atoms with Crippen LogP contribution in [0.2, 0.25) is 0 Å². The highest BCUT2D eigenvalue weighted by molar-refractivity contribution is 5.95. The summed E-state index contributed by atoms with van der Waals surface area (Å²) in [5.41, 5.74) is 1.80. The number of phenols is 1. The molecule has 1 saturated heterocycles. The third-order valence-electron chi connectivity index (χ3n) is 4.65. The number of benzene rings is 2. The van der Waals surface area contributed by atoms with Crippen molar-refractivity contribution < 1.29 is 19.6 Å². The molecule has 0 bridgehead atoms. The average Bonchev–Trinajstić information content (AvgIpc) is 2.62. The molecule has 1 N–H and O–H groups in total. The van der Waals surface area contributed by atoms with E-state index in [0.717, 1.165) is 17.2 Å². The van der Waals surface area contributed by atoms with Crippen LogP contribution in [0.1, 0.15) is 34.5 Å². The lowest BCUT2D eigenvalue weighted by molar-refractivity contribution is -0.385. The standard InChI is InChI=1S/C19H20N2O5/c1-12-5-3-4-6-15(12)18-10-20(13(2)11-26-18)19(23)14-7-8-17(22)16(9-14)21(24)25/h3-9,13,18,22H,10-11H2,1-2H3/t13-,18-/m1/s1. The fourth-order valence-electron chi connectivity index (χ4n) is 3.14. The molecular weight excluding hydrogens is 336 g/mol. The Morgan fingerprint density at radius 2 is 2.04 bits per heavy atom. The van der Waals surface area contributed by atoms with E-state index >= 15 is 0 Å². The van der Waals surface area contributed by atoms with Crippen LogP contribution in [0.25, 0.3) is 0 Å². The quantitative estimate of drug-likeness (QED) is 0.673. The molecular formula is C19H20N2O5. The number of morpholine rings is 1. The molecule has 136 valence electrons. The maximum Gasteiger partial charge on any atom is 0.311 e. The van der Waals surface area contributed by atoms with Gasteiger partial charge in [-0.25, -0.2) is 0 Å². The molecule has 0 aromatic heterocycles. The molecule has 0 unspecified atom stereocenters. The maximum absolute atomic E-state index is 12.9. The molecule has 26 heavy (non-hydrogen) atoms. The predicted octanol–water partition coefficient (Wildman–Crippen LogP) is 3.21. The molecule has 0 radical (unpaired) electrons. The summed E-state index contributed by atoms with van der Waals surface area (Å²) >= 11 is 0. The van der Waals surface area contributed by atoms with E-state index in [2.05, 4.69) is 0 Å². The van der Waals surface area contributed by atoms with Crippen LogP contribution in [-0.2, 0) is 4.74 Å². The SMILES string of the molecule is Cc1ccccc1[C@H]1CN(C(=O)c2ccc(O)c([N+](=O)[O-])c2)[C@H](C)CO1. The first-order valence-corrected chi connectivity index (χ1v) is 8.34. The van der Waals surface area contributed by atoms with Crippen LogP contribution >= 0.6 is 0 Å². The van der Waals surface area contributed by atoms with Gasteiger partial charge in [0.05, 0.1) is 24.1 Å². The molecule has 1 amide bonds. The van der Waals surface area contributed by atoms with Gasteiger partial charge in [0.15, 0.2) is 5.75 Å². The fourth-order valence-corrected chi connectivity index (χ4v) is 3.14. The monoisotopic (exact) mass is 356 g/mol. The van der Waals surface area contributed by atoms with Crippen LogP contribution in [-0.4, -0.2) is 40.0 Å². The van der Waals surface area contributed by atoms with Crippen molar-refractivity contribution in [3.63, 3.8) is 0 Å². The van der Waals surface area contributed by atoms with Crippen molar-refractivity contribution in [2.45, 2.75) is 26.0 Å². The predicted molar refractivity (Wildman–Crippen MR) is 95.1 cm³/mol. The van der Waals surface area contributed by atoms with Gasteiger partial charge in [0.2, 0.25) is 0 Å². The number of hydrogen-bond acceptors (Lipinski definition) is 5. The molecule has 1 aliphatic rings. The Kier molecular flexibility index (Phi) is 4.90. The highest BCUT2D eigenvalue weighted by atomic mass is 16.6. The van der Waals surface area contributed by atoms with E-state index in [9.17, 15) is 20.0 Å². The van der Waals surface area contributed by atoms with Crippen molar-refractivity contribution >= 4 is 11.6 Å². The Balaban J connectivity index is 1.87. The molecule has 1 fully saturated rings. The number of phenolic OH excluding ortho intramolecular Hbond substituents is 1. The summed E-state index contributed by atoms with van der Waals surface area (Å²) in [6.07, 6.45) is -0.247. The van der Waals surface area contributed by atoms with Crippen LogP contribution in [0.4, 0.5) is 5.69 Å². The molecule has 1 heterocycles. The summed E-state index contributed by atoms with van der Waals surface area (Å²) in [7, 11) is 0. The zero-order chi connectivity index (χ0) is 18.8. The maximum atomic E-state index is 12.9. The zero-order valence-corrected chi connectivity index (χ0v) is 14.6. The summed E-state index contributed by atoms with van der Waals surface area (Å²) < 4.78 is 5.91. The molecule has 0 aliphatic carbocycles. The third-order valence-corrected chi connectivity index (χ3v) is 4.65. The van der Waals surface area contributed by atoms with Gasteiger partial charge in [-0.1, -0.05) is 24.3 Å². The lowest BCUT2D eigenvalue weighted by Crippen LogP contribution is -2.48. The van der Waals surface area contributed by atoms with Gasteiger partial charge in [0.1, 0.15) is 6.10 Å². The minimum atomic E-state index is -0.703. The second kappa shape index (κ2) is 7.13. The van der Waals surface area contributed by atoms with Crippen molar-refractivity contribution in [2.75, 3.05) is 13.2 Å². The molecule has 3 rings (SSSR count). The lowest BCUT2D eigenvalue weighted by atomic mass is 10.0. The van der Waals surface area contributed by atoms with E-state index in [4.69, 9.17) is 4.74 Å². The minimum Gasteiger partial charge on any atom is -0.502 e. The summed E-state index contributed by atoms with van der Waals surface area (Å²) in [4.78, 5) is 24.9. The van der Waals surface area contributed by atoms with Gasteiger partial charge >= 0.3 is 5.69 Å². The number of amides is 1. The Morgan fingerprint density at radius 1 is 1.31 bits per heavy atom. The van der Waals surface area contributed by atoms with Gasteiger partial charge in [-0.05, 0) is 37.1 Å². The van der Waals surface area contributed by atoms with Crippen molar-refractivity contribution in [3.05, 3.63) is 69.3 Å². The van der Waals surface area contributed by atoms with Crippen molar-refractivity contribution in [1.29, 1.82) is 0 Å². The molecule has 2 aromatic carbocycles. The molecule has 1 aliphatic heterocycles. The van der Waals surface area contributed by atoms with Crippen molar-refractivity contribution in [3.8, 4) is 5.75 Å². The normalized spacial score (nSPS) is 20.0. The fraction of sp³-hybridized carbons (Fsp3) is 0.316. The van der Waals surface area contributed by atoms with Gasteiger partial charge < -0.3 is 14.7 Å². The summed E-state index contributed by atoms with van der Waals surface area (Å²) in [6.45, 7) is 4.61. The van der Waals surface area contributed by atoms with E-state index in [0.29, 0.717) is 13.2 Å². The van der Waals surface area contributed by atoms with Crippen LogP contribution in [0.15, 0.2) is 42.5 Å². The number of carbonyl (C=O) groups is 1. The largest absolute Gasteiger partial charge is 0.502 e. The highest BCUT2D eigenvalue weighted by Crippen LogP contribution is 2.30. The first-order valence-electron chi connectivity index (χ1n) is 8.34. The second-order valence-corrected chi connectivity index (χ2v) is 6.45. The van der Waals surface area contributed by atoms with E-state index in [1.54, 1.807) is 4.90 Å². The van der Waals surface area contributed by atoms with Crippen LogP contribution < -0.4 is 0 Å². The number of rotatable bonds is 3. The van der Waals surface area contributed by atoms with Crippen LogP contribution in [0.5, 0.6) is 5.75 Å². The Bertz CT molecular complexity index is 852. The number of carbonyl (C=O) groups excluding carboxylic acids is 1. The number of nitrogens with zero attached hydrogens (tertiary/aromatic N) is 2. The van der Waals surface area contributed by atoms with Crippen molar-refractivity contribution in [2.24, 2.45) is 0 Å². The van der Waals surface area contributed by atoms with Gasteiger partial charge in [-0.2, -0.15) is 0 Å². The number of aromatic hydroxyl groups is 1. The first-order chi connectivity index (χ1) is 12.4. The van der Waals surface area contributed by atoms with E-state index in [1.807, 2.05) is 38.1 Å². The molecule has 0 saturated carbocycles. The highest BCUT2D eigenvalue weighted by Gasteiger charge is 2.32. The first kappa shape index (κ1) is 17.9. The van der Waals surface area contributed by atoms with E-state index < -0.39 is 16.4 Å². The molecule has 0 spiro atoms. The van der Waals surface area contributed by atoms with Gasteiger partial charge in [-0.15, -0.1) is 0 Å². The van der Waals surface area contributed by atoms with Crippen molar-refractivity contribution in [1.82, 2.24) is 4.90 Å². The average molecular weight is 356 g/mol. The van der Waals surface area contributed by atoms with Crippen LogP contribution in [0.3, 0.4) is 0 Å². The summed E-state index contributed by atoms with van der Waals surface area (Å²) in [6, 6.07) is 11.4. The molecule has 2 aromatic rings. The van der Waals surface area contributed by atoms with E-state index in [1.165, 1.54) is 12.1 Å². The Labute approximate surface area is 151 Å². The van der Waals surface area contributed by atoms with E-state index in [-0.39, 0.29) is 23.6 Å². The van der Waals surface area contributed by atoms with Gasteiger partial charge in [0.25, 0.3) is 5.91 Å². The Morgan fingerprint density at radius 3 is 2.73 bits per heavy atom.